The molecule has 2 fully saturated rings. The van der Waals surface area contributed by atoms with Gasteiger partial charge in [-0.05, 0) is 24.3 Å². The lowest BCUT2D eigenvalue weighted by Gasteiger charge is -2.34. The van der Waals surface area contributed by atoms with Gasteiger partial charge in [-0.25, -0.2) is 16.8 Å². The van der Waals surface area contributed by atoms with E-state index < -0.39 is 19.9 Å². The summed E-state index contributed by atoms with van der Waals surface area (Å²) in [5, 5.41) is 0. The van der Waals surface area contributed by atoms with Gasteiger partial charge in [0.1, 0.15) is 17.5 Å². The molecule has 7 nitrogen and oxygen atoms in total. The van der Waals surface area contributed by atoms with E-state index in [9.17, 15) is 16.8 Å². The van der Waals surface area contributed by atoms with Gasteiger partial charge in [-0.2, -0.15) is 4.31 Å². The fraction of sp³-hybridized carbons (Fsp3) is 0.600. The Bertz CT molecular complexity index is 782. The van der Waals surface area contributed by atoms with E-state index in [-0.39, 0.29) is 22.4 Å². The van der Waals surface area contributed by atoms with E-state index in [2.05, 4.69) is 0 Å². The molecule has 0 aliphatic carbocycles. The van der Waals surface area contributed by atoms with Crippen molar-refractivity contribution in [3.05, 3.63) is 24.3 Å². The number of hydrogen-bond donors (Lipinski definition) is 1. The van der Waals surface area contributed by atoms with Crippen LogP contribution >= 0.6 is 0 Å². The second-order valence-electron chi connectivity index (χ2n) is 6.34. The van der Waals surface area contributed by atoms with E-state index in [1.807, 2.05) is 0 Å². The van der Waals surface area contributed by atoms with E-state index in [0.29, 0.717) is 38.3 Å². The van der Waals surface area contributed by atoms with Crippen LogP contribution in [0.1, 0.15) is 6.42 Å². The van der Waals surface area contributed by atoms with Gasteiger partial charge in [0, 0.05) is 6.42 Å². The van der Waals surface area contributed by atoms with Gasteiger partial charge in [0.05, 0.1) is 43.9 Å². The summed E-state index contributed by atoms with van der Waals surface area (Å²) >= 11 is 0. The summed E-state index contributed by atoms with van der Waals surface area (Å²) in [7, 11) is -4.88. The van der Waals surface area contributed by atoms with Crippen molar-refractivity contribution in [2.75, 3.05) is 44.8 Å². The molecular formula is C15H23N2O5S2+. The Balaban J connectivity index is 1.65. The van der Waals surface area contributed by atoms with Gasteiger partial charge in [-0.3, -0.25) is 0 Å². The Hall–Kier alpha value is -1.16. The van der Waals surface area contributed by atoms with Gasteiger partial charge in [0.25, 0.3) is 0 Å². The molecule has 9 heteroatoms. The summed E-state index contributed by atoms with van der Waals surface area (Å²) in [5.74, 6) is 1.11. The van der Waals surface area contributed by atoms with Crippen molar-refractivity contribution in [3.63, 3.8) is 0 Å². The molecule has 3 rings (SSSR count). The number of nitrogens with zero attached hydrogens (tertiary/aromatic N) is 1. The molecule has 24 heavy (non-hydrogen) atoms. The van der Waals surface area contributed by atoms with E-state index in [1.54, 1.807) is 24.3 Å². The third kappa shape index (κ3) is 3.58. The van der Waals surface area contributed by atoms with E-state index in [1.165, 1.54) is 16.3 Å². The van der Waals surface area contributed by atoms with Crippen molar-refractivity contribution in [1.82, 2.24) is 4.31 Å². The Morgan fingerprint density at radius 3 is 2.29 bits per heavy atom. The predicted octanol–water partition coefficient (Wildman–Crippen LogP) is -1.23. The predicted molar refractivity (Wildman–Crippen MR) is 89.5 cm³/mol. The average Bonchev–Trinajstić information content (AvgIpc) is 2.95. The molecule has 0 amide bonds. The fourth-order valence-corrected chi connectivity index (χ4v) is 6.70. The first-order valence-electron chi connectivity index (χ1n) is 8.01. The first kappa shape index (κ1) is 17.7. The largest absolute Gasteiger partial charge is 0.497 e. The number of rotatable bonds is 4. The minimum absolute atomic E-state index is 0.112. The molecule has 2 aliphatic rings. The lowest BCUT2D eigenvalue weighted by molar-refractivity contribution is -0.925. The molecule has 0 radical (unpaired) electrons. The first-order valence-corrected chi connectivity index (χ1v) is 11.3. The van der Waals surface area contributed by atoms with Crippen LogP contribution in [0.2, 0.25) is 0 Å². The van der Waals surface area contributed by atoms with E-state index in [4.69, 9.17) is 4.74 Å². The number of methoxy groups -OCH3 is 1. The molecular weight excluding hydrogens is 352 g/mol. The van der Waals surface area contributed by atoms with Crippen LogP contribution in [-0.4, -0.2) is 72.0 Å². The zero-order chi connectivity index (χ0) is 17.4. The molecule has 2 heterocycles. The van der Waals surface area contributed by atoms with Gasteiger partial charge in [-0.15, -0.1) is 0 Å². The zero-order valence-electron chi connectivity index (χ0n) is 13.6. The molecule has 0 bridgehead atoms. The summed E-state index contributed by atoms with van der Waals surface area (Å²) in [4.78, 5) is 1.47. The van der Waals surface area contributed by atoms with Crippen LogP contribution in [0, 0.1) is 0 Å². The molecule has 2 saturated heterocycles. The van der Waals surface area contributed by atoms with Crippen LogP contribution in [-0.2, 0) is 19.9 Å². The monoisotopic (exact) mass is 375 g/mol. The van der Waals surface area contributed by atoms with Crippen molar-refractivity contribution in [1.29, 1.82) is 0 Å². The second kappa shape index (κ2) is 6.62. The van der Waals surface area contributed by atoms with Gasteiger partial charge in [-0.1, -0.05) is 0 Å². The first-order chi connectivity index (χ1) is 11.3. The molecule has 1 aromatic rings. The number of benzene rings is 1. The number of quaternary nitrogens is 1. The van der Waals surface area contributed by atoms with Crippen LogP contribution < -0.4 is 9.64 Å². The van der Waals surface area contributed by atoms with Crippen LogP contribution in [0.5, 0.6) is 5.75 Å². The number of piperazine rings is 1. The fourth-order valence-electron chi connectivity index (χ4n) is 3.44. The van der Waals surface area contributed by atoms with Crippen molar-refractivity contribution in [3.8, 4) is 5.75 Å². The molecule has 1 N–H and O–H groups in total. The maximum Gasteiger partial charge on any atom is 0.243 e. The quantitative estimate of drug-likeness (QED) is 0.712. The summed E-state index contributed by atoms with van der Waals surface area (Å²) in [6.07, 6.45) is 0.683. The van der Waals surface area contributed by atoms with Crippen molar-refractivity contribution in [2.45, 2.75) is 17.4 Å². The SMILES string of the molecule is COc1ccc(S(=O)(=O)N2CC[NH+]([C@H]3CCS(=O)(=O)C3)CC2)cc1. The lowest BCUT2D eigenvalue weighted by atomic mass is 10.2. The number of ether oxygens (including phenoxy) is 1. The van der Waals surface area contributed by atoms with Crippen LogP contribution in [0.15, 0.2) is 29.2 Å². The van der Waals surface area contributed by atoms with Gasteiger partial charge in [0.2, 0.25) is 10.0 Å². The molecule has 2 aliphatic heterocycles. The summed E-state index contributed by atoms with van der Waals surface area (Å²) in [5.41, 5.74) is 0. The maximum absolute atomic E-state index is 12.7. The topological polar surface area (TPSA) is 85.2 Å². The molecule has 0 saturated carbocycles. The third-order valence-electron chi connectivity index (χ3n) is 4.87. The Labute approximate surface area is 143 Å². The standard InChI is InChI=1S/C15H22N2O5S2/c1-22-14-2-4-15(5-3-14)24(20,21)17-9-7-16(8-10-17)13-6-11-23(18,19)12-13/h2-5,13H,6-12H2,1H3/p+1/t13-/m0/s1. The Kier molecular flexibility index (Phi) is 4.87. The molecule has 0 spiro atoms. The molecule has 1 aromatic carbocycles. The van der Waals surface area contributed by atoms with Crippen LogP contribution in [0.25, 0.3) is 0 Å². The highest BCUT2D eigenvalue weighted by atomic mass is 32.2. The van der Waals surface area contributed by atoms with Gasteiger partial charge < -0.3 is 9.64 Å². The molecule has 0 unspecified atom stereocenters. The van der Waals surface area contributed by atoms with Crippen LogP contribution in [0.4, 0.5) is 0 Å². The lowest BCUT2D eigenvalue weighted by Crippen LogP contribution is -3.18. The smallest absolute Gasteiger partial charge is 0.243 e. The second-order valence-corrected chi connectivity index (χ2v) is 10.5. The van der Waals surface area contributed by atoms with E-state index in [0.717, 1.165) is 0 Å². The Morgan fingerprint density at radius 1 is 1.17 bits per heavy atom. The van der Waals surface area contributed by atoms with E-state index >= 15 is 0 Å². The zero-order valence-corrected chi connectivity index (χ0v) is 15.3. The normalized spacial score (nSPS) is 25.6. The highest BCUT2D eigenvalue weighted by Gasteiger charge is 2.38. The molecule has 0 aromatic heterocycles. The van der Waals surface area contributed by atoms with Crippen molar-refractivity contribution >= 4 is 19.9 Å². The third-order valence-corrected chi connectivity index (χ3v) is 8.55. The van der Waals surface area contributed by atoms with Gasteiger partial charge in [0.15, 0.2) is 9.84 Å². The number of hydrogen-bond acceptors (Lipinski definition) is 5. The molecule has 1 atom stereocenters. The Morgan fingerprint density at radius 2 is 1.79 bits per heavy atom. The van der Waals surface area contributed by atoms with Crippen molar-refractivity contribution < 1.29 is 26.5 Å². The number of sulfone groups is 1. The summed E-state index contributed by atoms with van der Waals surface area (Å²) in [6, 6.07) is 6.49. The van der Waals surface area contributed by atoms with Gasteiger partial charge >= 0.3 is 0 Å². The highest BCUT2D eigenvalue weighted by Crippen LogP contribution is 2.19. The van der Waals surface area contributed by atoms with Crippen LogP contribution in [0.3, 0.4) is 0 Å². The summed E-state index contributed by atoms with van der Waals surface area (Å²) in [6.45, 7) is 2.13. The molecule has 134 valence electrons. The maximum atomic E-state index is 12.7. The highest BCUT2D eigenvalue weighted by molar-refractivity contribution is 7.91. The average molecular weight is 375 g/mol. The number of nitrogens with one attached hydrogen (secondary N) is 1. The minimum Gasteiger partial charge on any atom is -0.497 e. The number of sulfonamides is 1. The van der Waals surface area contributed by atoms with Crippen molar-refractivity contribution in [2.24, 2.45) is 0 Å². The summed E-state index contributed by atoms with van der Waals surface area (Å²) < 4.78 is 55.2. The minimum atomic E-state index is -3.51.